The van der Waals surface area contributed by atoms with Gasteiger partial charge in [0.1, 0.15) is 0 Å². The Morgan fingerprint density at radius 3 is 3.00 bits per heavy atom. The minimum atomic E-state index is 0.335. The first-order valence-electron chi connectivity index (χ1n) is 7.12. The lowest BCUT2D eigenvalue weighted by molar-refractivity contribution is -0.0470. The molecule has 2 fully saturated rings. The van der Waals surface area contributed by atoms with Crippen molar-refractivity contribution < 1.29 is 4.74 Å². The van der Waals surface area contributed by atoms with Crippen LogP contribution < -0.4 is 5.32 Å². The van der Waals surface area contributed by atoms with Crippen LogP contribution in [0.1, 0.15) is 18.4 Å². The molecule has 0 aromatic heterocycles. The topological polar surface area (TPSA) is 24.5 Å². The molecule has 1 aromatic rings. The van der Waals surface area contributed by atoms with Crippen LogP contribution in [0, 0.1) is 0 Å². The zero-order valence-electron chi connectivity index (χ0n) is 11.1. The molecule has 3 rings (SSSR count). The number of hydrogen-bond donors (Lipinski definition) is 1. The summed E-state index contributed by atoms with van der Waals surface area (Å²) in [7, 11) is 0. The summed E-state index contributed by atoms with van der Waals surface area (Å²) in [5.41, 5.74) is 1.26. The van der Waals surface area contributed by atoms with Gasteiger partial charge >= 0.3 is 0 Å². The number of fused-ring (bicyclic) bond motifs is 1. The molecule has 0 saturated carbocycles. The lowest BCUT2D eigenvalue weighted by atomic mass is 10.2. The van der Waals surface area contributed by atoms with Gasteiger partial charge in [0, 0.05) is 30.7 Å². The minimum Gasteiger partial charge on any atom is -0.374 e. The van der Waals surface area contributed by atoms with E-state index >= 15 is 0 Å². The molecule has 19 heavy (non-hydrogen) atoms. The Hall–Kier alpha value is -0.610. The lowest BCUT2D eigenvalue weighted by Gasteiger charge is -2.35. The van der Waals surface area contributed by atoms with E-state index in [1.54, 1.807) is 0 Å². The summed E-state index contributed by atoms with van der Waals surface area (Å²) in [6, 6.07) is 8.68. The van der Waals surface area contributed by atoms with Crippen molar-refractivity contribution in [1.29, 1.82) is 0 Å². The van der Waals surface area contributed by atoms with Crippen molar-refractivity contribution in [3.63, 3.8) is 0 Å². The second kappa shape index (κ2) is 6.23. The monoisotopic (exact) mass is 280 g/mol. The number of benzene rings is 1. The SMILES string of the molecule is Clc1ccc(CNCC2CN3CCCC3CO2)cc1. The molecule has 1 N–H and O–H groups in total. The zero-order valence-corrected chi connectivity index (χ0v) is 11.9. The van der Waals surface area contributed by atoms with Crippen molar-refractivity contribution in [3.8, 4) is 0 Å². The van der Waals surface area contributed by atoms with Gasteiger partial charge in [-0.15, -0.1) is 0 Å². The van der Waals surface area contributed by atoms with Crippen molar-refractivity contribution in [2.75, 3.05) is 26.2 Å². The highest BCUT2D eigenvalue weighted by Gasteiger charge is 2.31. The lowest BCUT2D eigenvalue weighted by Crippen LogP contribution is -2.49. The molecule has 0 amide bonds. The summed E-state index contributed by atoms with van der Waals surface area (Å²) in [5.74, 6) is 0. The molecule has 104 valence electrons. The van der Waals surface area contributed by atoms with E-state index in [0.717, 1.165) is 31.3 Å². The van der Waals surface area contributed by atoms with Crippen molar-refractivity contribution in [1.82, 2.24) is 10.2 Å². The number of ether oxygens (including phenoxy) is 1. The molecule has 2 heterocycles. The van der Waals surface area contributed by atoms with Crippen molar-refractivity contribution >= 4 is 11.6 Å². The third kappa shape index (κ3) is 3.48. The summed E-state index contributed by atoms with van der Waals surface area (Å²) in [4.78, 5) is 2.58. The molecule has 0 radical (unpaired) electrons. The van der Waals surface area contributed by atoms with Gasteiger partial charge in [-0.25, -0.2) is 0 Å². The van der Waals surface area contributed by atoms with Crippen LogP contribution in [0.5, 0.6) is 0 Å². The van der Waals surface area contributed by atoms with Gasteiger partial charge in [0.05, 0.1) is 12.7 Å². The minimum absolute atomic E-state index is 0.335. The fourth-order valence-corrected chi connectivity index (χ4v) is 3.11. The van der Waals surface area contributed by atoms with Gasteiger partial charge in [0.25, 0.3) is 0 Å². The van der Waals surface area contributed by atoms with Gasteiger partial charge in [-0.3, -0.25) is 4.90 Å². The molecule has 2 aliphatic rings. The number of rotatable bonds is 4. The average Bonchev–Trinajstić information content (AvgIpc) is 2.88. The smallest absolute Gasteiger partial charge is 0.0827 e. The fraction of sp³-hybridized carbons (Fsp3) is 0.600. The molecular formula is C15H21ClN2O. The van der Waals surface area contributed by atoms with Gasteiger partial charge < -0.3 is 10.1 Å². The van der Waals surface area contributed by atoms with E-state index in [1.165, 1.54) is 24.9 Å². The molecule has 2 aliphatic heterocycles. The maximum absolute atomic E-state index is 5.92. The van der Waals surface area contributed by atoms with Gasteiger partial charge in [-0.1, -0.05) is 23.7 Å². The Labute approximate surface area is 119 Å². The van der Waals surface area contributed by atoms with Gasteiger partial charge in [0.15, 0.2) is 0 Å². The van der Waals surface area contributed by atoms with Crippen molar-refractivity contribution in [2.45, 2.75) is 31.5 Å². The van der Waals surface area contributed by atoms with E-state index in [0.29, 0.717) is 12.1 Å². The first kappa shape index (κ1) is 13.4. The van der Waals surface area contributed by atoms with Gasteiger partial charge in [-0.05, 0) is 37.1 Å². The molecule has 1 aromatic carbocycles. The Kier molecular flexibility index (Phi) is 4.38. The molecule has 2 atom stereocenters. The number of morpholine rings is 1. The maximum atomic E-state index is 5.92. The second-order valence-electron chi connectivity index (χ2n) is 5.50. The Bertz CT molecular complexity index is 409. The van der Waals surface area contributed by atoms with E-state index in [-0.39, 0.29) is 0 Å². The largest absolute Gasteiger partial charge is 0.374 e. The Morgan fingerprint density at radius 2 is 2.16 bits per heavy atom. The molecular weight excluding hydrogens is 260 g/mol. The van der Waals surface area contributed by atoms with Crippen LogP contribution in [0.2, 0.25) is 5.02 Å². The average molecular weight is 281 g/mol. The van der Waals surface area contributed by atoms with E-state index in [4.69, 9.17) is 16.3 Å². The number of nitrogens with zero attached hydrogens (tertiary/aromatic N) is 1. The number of nitrogens with one attached hydrogen (secondary N) is 1. The van der Waals surface area contributed by atoms with Crippen molar-refractivity contribution in [2.24, 2.45) is 0 Å². The van der Waals surface area contributed by atoms with Crippen LogP contribution >= 0.6 is 11.6 Å². The predicted molar refractivity (Wildman–Crippen MR) is 77.5 cm³/mol. The van der Waals surface area contributed by atoms with Crippen LogP contribution in [-0.4, -0.2) is 43.3 Å². The van der Waals surface area contributed by atoms with E-state index < -0.39 is 0 Å². The highest BCUT2D eigenvalue weighted by molar-refractivity contribution is 6.30. The van der Waals surface area contributed by atoms with Crippen LogP contribution in [-0.2, 0) is 11.3 Å². The summed E-state index contributed by atoms with van der Waals surface area (Å²) in [6.07, 6.45) is 2.98. The normalized spacial score (nSPS) is 27.4. The predicted octanol–water partition coefficient (Wildman–Crippen LogP) is 2.29. The Morgan fingerprint density at radius 1 is 1.32 bits per heavy atom. The third-order valence-electron chi connectivity index (χ3n) is 4.08. The van der Waals surface area contributed by atoms with Crippen molar-refractivity contribution in [3.05, 3.63) is 34.9 Å². The Balaban J connectivity index is 1.41. The first-order chi connectivity index (χ1) is 9.31. The number of halogens is 1. The molecule has 0 spiro atoms. The van der Waals surface area contributed by atoms with Gasteiger partial charge in [0.2, 0.25) is 0 Å². The third-order valence-corrected chi connectivity index (χ3v) is 4.33. The quantitative estimate of drug-likeness (QED) is 0.916. The standard InChI is InChI=1S/C15H21ClN2O/c16-13-5-3-12(4-6-13)8-17-9-15-10-18-7-1-2-14(18)11-19-15/h3-6,14-15,17H,1-2,7-11H2. The van der Waals surface area contributed by atoms with Crippen LogP contribution in [0.3, 0.4) is 0 Å². The van der Waals surface area contributed by atoms with E-state index in [9.17, 15) is 0 Å². The summed E-state index contributed by atoms with van der Waals surface area (Å²) < 4.78 is 5.92. The summed E-state index contributed by atoms with van der Waals surface area (Å²) in [6.45, 7) is 5.04. The fourth-order valence-electron chi connectivity index (χ4n) is 2.99. The molecule has 2 saturated heterocycles. The van der Waals surface area contributed by atoms with E-state index in [1.807, 2.05) is 12.1 Å². The highest BCUT2D eigenvalue weighted by Crippen LogP contribution is 2.22. The molecule has 2 unspecified atom stereocenters. The first-order valence-corrected chi connectivity index (χ1v) is 7.50. The summed E-state index contributed by atoms with van der Waals surface area (Å²) >= 11 is 5.87. The molecule has 3 nitrogen and oxygen atoms in total. The zero-order chi connectivity index (χ0) is 13.1. The van der Waals surface area contributed by atoms with Crippen LogP contribution in [0.4, 0.5) is 0 Å². The van der Waals surface area contributed by atoms with Gasteiger partial charge in [-0.2, -0.15) is 0 Å². The van der Waals surface area contributed by atoms with E-state index in [2.05, 4.69) is 22.3 Å². The van der Waals surface area contributed by atoms with Crippen LogP contribution in [0.25, 0.3) is 0 Å². The maximum Gasteiger partial charge on any atom is 0.0827 e. The molecule has 0 bridgehead atoms. The molecule has 0 aliphatic carbocycles. The highest BCUT2D eigenvalue weighted by atomic mass is 35.5. The summed E-state index contributed by atoms with van der Waals surface area (Å²) in [5, 5.41) is 4.27. The molecule has 4 heteroatoms. The second-order valence-corrected chi connectivity index (χ2v) is 5.94. The number of hydrogen-bond acceptors (Lipinski definition) is 3. The van der Waals surface area contributed by atoms with Crippen LogP contribution in [0.15, 0.2) is 24.3 Å².